The number of carboxylic acids is 1. The minimum Gasteiger partial charge on any atom is -0.480 e. The molecule has 158 valence electrons. The van der Waals surface area contributed by atoms with Crippen LogP contribution in [0, 0.1) is 11.7 Å². The molecular formula is C19H20F4N2O4. The standard InChI is InChI=1S/C19H20F4N2O4/c1-11(18(28)29)24-17(27)12-6-8-25(9-7-12)16(26)5-2-13-10-14(19(21,22)23)3-4-15(13)20/h2-5,10-12H,6-9H2,1H3,(H,24,27)(H,28,29). The molecular weight excluding hydrogens is 396 g/mol. The molecule has 1 saturated heterocycles. The van der Waals surface area contributed by atoms with E-state index in [1.54, 1.807) is 0 Å². The van der Waals surface area contributed by atoms with Crippen molar-refractivity contribution in [2.24, 2.45) is 5.92 Å². The van der Waals surface area contributed by atoms with Crippen LogP contribution in [-0.4, -0.2) is 46.9 Å². The van der Waals surface area contributed by atoms with Crippen LogP contribution in [0.5, 0.6) is 0 Å². The maximum atomic E-state index is 13.7. The molecule has 29 heavy (non-hydrogen) atoms. The first-order valence-corrected chi connectivity index (χ1v) is 8.86. The summed E-state index contributed by atoms with van der Waals surface area (Å²) in [5.74, 6) is -3.40. The Kier molecular flexibility index (Phi) is 6.99. The lowest BCUT2D eigenvalue weighted by molar-refractivity contribution is -0.142. The number of amides is 2. The number of halogens is 4. The minimum atomic E-state index is -4.62. The average Bonchev–Trinajstić information content (AvgIpc) is 2.66. The number of carbonyl (C=O) groups excluding carboxylic acids is 2. The van der Waals surface area contributed by atoms with E-state index in [9.17, 15) is 31.9 Å². The van der Waals surface area contributed by atoms with Crippen molar-refractivity contribution in [3.8, 4) is 0 Å². The molecule has 1 fully saturated rings. The van der Waals surface area contributed by atoms with E-state index in [1.807, 2.05) is 0 Å². The number of nitrogens with one attached hydrogen (secondary N) is 1. The molecule has 1 aromatic carbocycles. The first-order valence-electron chi connectivity index (χ1n) is 8.86. The predicted molar refractivity (Wildman–Crippen MR) is 95.0 cm³/mol. The molecule has 2 N–H and O–H groups in total. The van der Waals surface area contributed by atoms with Crippen LogP contribution < -0.4 is 5.32 Å². The van der Waals surface area contributed by atoms with Gasteiger partial charge in [0.15, 0.2) is 0 Å². The molecule has 0 bridgehead atoms. The van der Waals surface area contributed by atoms with Gasteiger partial charge in [0.05, 0.1) is 5.56 Å². The molecule has 1 atom stereocenters. The molecule has 0 aromatic heterocycles. The molecule has 1 heterocycles. The summed E-state index contributed by atoms with van der Waals surface area (Å²) in [7, 11) is 0. The Morgan fingerprint density at radius 1 is 1.24 bits per heavy atom. The van der Waals surface area contributed by atoms with E-state index >= 15 is 0 Å². The van der Waals surface area contributed by atoms with Crippen LogP contribution >= 0.6 is 0 Å². The molecule has 6 nitrogen and oxygen atoms in total. The van der Waals surface area contributed by atoms with Gasteiger partial charge in [-0.3, -0.25) is 14.4 Å². The van der Waals surface area contributed by atoms with Gasteiger partial charge in [-0.2, -0.15) is 13.2 Å². The van der Waals surface area contributed by atoms with Crippen molar-refractivity contribution in [2.75, 3.05) is 13.1 Å². The van der Waals surface area contributed by atoms with Crippen LogP contribution in [0.2, 0.25) is 0 Å². The lowest BCUT2D eigenvalue weighted by atomic mass is 9.95. The average molecular weight is 416 g/mol. The summed E-state index contributed by atoms with van der Waals surface area (Å²) in [6.45, 7) is 1.78. The Bertz CT molecular complexity index is 815. The fraction of sp³-hybridized carbons (Fsp3) is 0.421. The monoisotopic (exact) mass is 416 g/mol. The summed E-state index contributed by atoms with van der Waals surface area (Å²) >= 11 is 0. The lowest BCUT2D eigenvalue weighted by Gasteiger charge is -2.31. The topological polar surface area (TPSA) is 86.7 Å². The number of carboxylic acid groups (broad SMARTS) is 1. The van der Waals surface area contributed by atoms with Crippen molar-refractivity contribution in [1.29, 1.82) is 0 Å². The quantitative estimate of drug-likeness (QED) is 0.571. The highest BCUT2D eigenvalue weighted by Gasteiger charge is 2.31. The zero-order valence-electron chi connectivity index (χ0n) is 15.5. The minimum absolute atomic E-state index is 0.216. The van der Waals surface area contributed by atoms with Gasteiger partial charge >= 0.3 is 12.1 Å². The summed E-state index contributed by atoms with van der Waals surface area (Å²) < 4.78 is 51.9. The Hall–Kier alpha value is -2.91. The van der Waals surface area contributed by atoms with Gasteiger partial charge < -0.3 is 15.3 Å². The van der Waals surface area contributed by atoms with Gasteiger partial charge in [0.2, 0.25) is 11.8 Å². The van der Waals surface area contributed by atoms with Crippen molar-refractivity contribution in [3.63, 3.8) is 0 Å². The number of benzene rings is 1. The van der Waals surface area contributed by atoms with E-state index in [1.165, 1.54) is 11.8 Å². The summed E-state index contributed by atoms with van der Waals surface area (Å²) in [6, 6.07) is 0.914. The van der Waals surface area contributed by atoms with Gasteiger partial charge in [-0.05, 0) is 44.0 Å². The van der Waals surface area contributed by atoms with E-state index in [-0.39, 0.29) is 18.7 Å². The van der Waals surface area contributed by atoms with E-state index < -0.39 is 47.3 Å². The van der Waals surface area contributed by atoms with Crippen LogP contribution in [0.25, 0.3) is 6.08 Å². The number of nitrogens with zero attached hydrogens (tertiary/aromatic N) is 1. The zero-order valence-corrected chi connectivity index (χ0v) is 15.5. The van der Waals surface area contributed by atoms with Gasteiger partial charge in [-0.1, -0.05) is 0 Å². The second-order valence-corrected chi connectivity index (χ2v) is 6.74. The molecule has 10 heteroatoms. The number of aliphatic carboxylic acids is 1. The third-order valence-electron chi connectivity index (χ3n) is 4.64. The number of hydrogen-bond donors (Lipinski definition) is 2. The summed E-state index contributed by atoms with van der Waals surface area (Å²) in [5.41, 5.74) is -1.38. The van der Waals surface area contributed by atoms with Crippen molar-refractivity contribution in [1.82, 2.24) is 10.2 Å². The second-order valence-electron chi connectivity index (χ2n) is 6.74. The van der Waals surface area contributed by atoms with E-state index in [4.69, 9.17) is 5.11 Å². The maximum Gasteiger partial charge on any atom is 0.416 e. The molecule has 1 aromatic rings. The van der Waals surface area contributed by atoms with E-state index in [2.05, 4.69) is 5.32 Å². The first-order chi connectivity index (χ1) is 13.5. The molecule has 0 radical (unpaired) electrons. The Morgan fingerprint density at radius 2 is 1.86 bits per heavy atom. The summed E-state index contributed by atoms with van der Waals surface area (Å²) in [6.07, 6.45) is -2.02. The number of alkyl halides is 3. The normalized spacial score (nSPS) is 16.7. The molecule has 2 amide bonds. The highest BCUT2D eigenvalue weighted by Crippen LogP contribution is 2.30. The Morgan fingerprint density at radius 3 is 2.41 bits per heavy atom. The molecule has 1 unspecified atom stereocenters. The van der Waals surface area contributed by atoms with Crippen molar-refractivity contribution in [2.45, 2.75) is 32.0 Å². The van der Waals surface area contributed by atoms with Crippen LogP contribution in [0.4, 0.5) is 17.6 Å². The third-order valence-corrected chi connectivity index (χ3v) is 4.64. The lowest BCUT2D eigenvalue weighted by Crippen LogP contribution is -2.46. The van der Waals surface area contributed by atoms with E-state index in [0.29, 0.717) is 31.0 Å². The number of hydrogen-bond acceptors (Lipinski definition) is 3. The molecule has 0 spiro atoms. The van der Waals surface area contributed by atoms with Gasteiger partial charge in [0, 0.05) is 30.6 Å². The van der Waals surface area contributed by atoms with Crippen molar-refractivity contribution >= 4 is 23.9 Å². The number of rotatable bonds is 5. The summed E-state index contributed by atoms with van der Waals surface area (Å²) in [5, 5.41) is 11.2. The number of likely N-dealkylation sites (tertiary alicyclic amines) is 1. The summed E-state index contributed by atoms with van der Waals surface area (Å²) in [4.78, 5) is 36.4. The van der Waals surface area contributed by atoms with Gasteiger partial charge in [0.25, 0.3) is 0 Å². The predicted octanol–water partition coefficient (Wildman–Crippen LogP) is 2.69. The fourth-order valence-corrected chi connectivity index (χ4v) is 2.87. The van der Waals surface area contributed by atoms with Crippen LogP contribution in [0.3, 0.4) is 0 Å². The highest BCUT2D eigenvalue weighted by atomic mass is 19.4. The zero-order chi connectivity index (χ0) is 21.8. The SMILES string of the molecule is CC(NC(=O)C1CCN(C(=O)C=Cc2cc(C(F)(F)F)ccc2F)CC1)C(=O)O. The molecule has 0 aliphatic carbocycles. The van der Waals surface area contributed by atoms with E-state index in [0.717, 1.165) is 12.2 Å². The Labute approximate surface area is 164 Å². The number of piperidine rings is 1. The van der Waals surface area contributed by atoms with Crippen LogP contribution in [0.15, 0.2) is 24.3 Å². The maximum absolute atomic E-state index is 13.7. The van der Waals surface area contributed by atoms with Crippen LogP contribution in [-0.2, 0) is 20.6 Å². The molecule has 0 saturated carbocycles. The molecule has 1 aliphatic heterocycles. The van der Waals surface area contributed by atoms with Crippen LogP contribution in [0.1, 0.15) is 30.9 Å². The first kappa shape index (κ1) is 22.4. The highest BCUT2D eigenvalue weighted by molar-refractivity contribution is 5.92. The van der Waals surface area contributed by atoms with Gasteiger partial charge in [-0.25, -0.2) is 4.39 Å². The second kappa shape index (κ2) is 9.06. The third kappa shape index (κ3) is 6.03. The van der Waals surface area contributed by atoms with Crippen molar-refractivity contribution < 1.29 is 37.1 Å². The molecule has 1 aliphatic rings. The fourth-order valence-electron chi connectivity index (χ4n) is 2.87. The number of carbonyl (C=O) groups is 3. The Balaban J connectivity index is 1.95. The smallest absolute Gasteiger partial charge is 0.416 e. The van der Waals surface area contributed by atoms with Gasteiger partial charge in [-0.15, -0.1) is 0 Å². The molecule has 2 rings (SSSR count). The van der Waals surface area contributed by atoms with Crippen molar-refractivity contribution in [3.05, 3.63) is 41.2 Å². The van der Waals surface area contributed by atoms with Gasteiger partial charge in [0.1, 0.15) is 11.9 Å². The largest absolute Gasteiger partial charge is 0.480 e.